The Hall–Kier alpha value is -0.0800. The zero-order valence-electron chi connectivity index (χ0n) is 12.3. The van der Waals surface area contributed by atoms with E-state index in [2.05, 4.69) is 32.6 Å². The highest BCUT2D eigenvalue weighted by molar-refractivity contribution is 4.78. The second-order valence-electron chi connectivity index (χ2n) is 7.06. The number of rotatable bonds is 4. The van der Waals surface area contributed by atoms with Gasteiger partial charge in [0.1, 0.15) is 0 Å². The molecule has 1 fully saturated rings. The Morgan fingerprint density at radius 2 is 1.94 bits per heavy atom. The van der Waals surface area contributed by atoms with Gasteiger partial charge < -0.3 is 10.6 Å². The first-order valence-corrected chi connectivity index (χ1v) is 7.36. The maximum absolute atomic E-state index is 5.95. The Labute approximate surface area is 108 Å². The normalized spacial score (nSPS) is 25.6. The zero-order valence-corrected chi connectivity index (χ0v) is 12.3. The van der Waals surface area contributed by atoms with Crippen molar-refractivity contribution in [2.75, 3.05) is 19.6 Å². The van der Waals surface area contributed by atoms with Crippen LogP contribution in [0.2, 0.25) is 0 Å². The van der Waals surface area contributed by atoms with Gasteiger partial charge in [0, 0.05) is 12.6 Å². The van der Waals surface area contributed by atoms with Gasteiger partial charge in [0.15, 0.2) is 0 Å². The predicted molar refractivity (Wildman–Crippen MR) is 76.1 cm³/mol. The average molecular weight is 240 g/mol. The molecule has 102 valence electrons. The molecular formula is C15H32N2. The van der Waals surface area contributed by atoms with Gasteiger partial charge >= 0.3 is 0 Å². The van der Waals surface area contributed by atoms with Crippen LogP contribution in [0.25, 0.3) is 0 Å². The summed E-state index contributed by atoms with van der Waals surface area (Å²) >= 11 is 0. The summed E-state index contributed by atoms with van der Waals surface area (Å²) in [6.45, 7) is 12.7. The minimum absolute atomic E-state index is 0.402. The summed E-state index contributed by atoms with van der Waals surface area (Å²) in [5.74, 6) is 0.663. The molecule has 0 aromatic carbocycles. The van der Waals surface area contributed by atoms with Crippen molar-refractivity contribution in [2.45, 2.75) is 65.8 Å². The van der Waals surface area contributed by atoms with Crippen molar-refractivity contribution in [2.24, 2.45) is 17.1 Å². The summed E-state index contributed by atoms with van der Waals surface area (Å²) in [7, 11) is 0. The molecule has 0 radical (unpaired) electrons. The molecular weight excluding hydrogens is 208 g/mol. The van der Waals surface area contributed by atoms with Crippen molar-refractivity contribution < 1.29 is 0 Å². The van der Waals surface area contributed by atoms with E-state index < -0.39 is 0 Å². The zero-order chi connectivity index (χ0) is 12.9. The molecule has 2 N–H and O–H groups in total. The molecule has 17 heavy (non-hydrogen) atoms. The molecule has 2 unspecified atom stereocenters. The Balaban J connectivity index is 2.48. The van der Waals surface area contributed by atoms with E-state index in [1.807, 2.05) is 0 Å². The van der Waals surface area contributed by atoms with Crippen LogP contribution in [0.15, 0.2) is 0 Å². The second-order valence-corrected chi connectivity index (χ2v) is 7.06. The SMILES string of the molecule is CC1CCCCCN1CC(CN)CC(C)(C)C. The van der Waals surface area contributed by atoms with Gasteiger partial charge in [0.2, 0.25) is 0 Å². The van der Waals surface area contributed by atoms with Gasteiger partial charge in [-0.3, -0.25) is 0 Å². The molecule has 1 aliphatic rings. The maximum Gasteiger partial charge on any atom is 0.00670 e. The number of likely N-dealkylation sites (tertiary alicyclic amines) is 1. The minimum atomic E-state index is 0.402. The number of hydrogen-bond acceptors (Lipinski definition) is 2. The third-order valence-corrected chi connectivity index (χ3v) is 3.92. The Morgan fingerprint density at radius 1 is 1.24 bits per heavy atom. The standard InChI is InChI=1S/C15H32N2/c1-13-8-6-5-7-9-17(13)12-14(11-16)10-15(2,3)4/h13-14H,5-12,16H2,1-4H3. The second kappa shape index (κ2) is 6.75. The molecule has 2 nitrogen and oxygen atoms in total. The van der Waals surface area contributed by atoms with Crippen molar-refractivity contribution in [1.29, 1.82) is 0 Å². The molecule has 1 saturated heterocycles. The van der Waals surface area contributed by atoms with Crippen LogP contribution in [-0.4, -0.2) is 30.6 Å². The van der Waals surface area contributed by atoms with Crippen molar-refractivity contribution in [1.82, 2.24) is 4.90 Å². The highest BCUT2D eigenvalue weighted by atomic mass is 15.2. The molecule has 0 bridgehead atoms. The van der Waals surface area contributed by atoms with E-state index >= 15 is 0 Å². The monoisotopic (exact) mass is 240 g/mol. The van der Waals surface area contributed by atoms with E-state index in [9.17, 15) is 0 Å². The molecule has 0 aromatic rings. The largest absolute Gasteiger partial charge is 0.330 e. The topological polar surface area (TPSA) is 29.3 Å². The molecule has 0 aromatic heterocycles. The maximum atomic E-state index is 5.95. The van der Waals surface area contributed by atoms with E-state index in [0.717, 1.165) is 12.6 Å². The van der Waals surface area contributed by atoms with Gasteiger partial charge in [-0.15, -0.1) is 0 Å². The lowest BCUT2D eigenvalue weighted by molar-refractivity contribution is 0.158. The van der Waals surface area contributed by atoms with Gasteiger partial charge in [-0.1, -0.05) is 33.6 Å². The number of nitrogens with two attached hydrogens (primary N) is 1. The Kier molecular flexibility index (Phi) is 5.94. The minimum Gasteiger partial charge on any atom is -0.330 e. The van der Waals surface area contributed by atoms with Gasteiger partial charge in [0.05, 0.1) is 0 Å². The van der Waals surface area contributed by atoms with Crippen molar-refractivity contribution in [3.05, 3.63) is 0 Å². The van der Waals surface area contributed by atoms with Gasteiger partial charge in [-0.25, -0.2) is 0 Å². The van der Waals surface area contributed by atoms with Crippen LogP contribution in [0.5, 0.6) is 0 Å². The summed E-state index contributed by atoms with van der Waals surface area (Å²) in [6, 6.07) is 0.756. The van der Waals surface area contributed by atoms with Crippen molar-refractivity contribution >= 4 is 0 Å². The lowest BCUT2D eigenvalue weighted by Gasteiger charge is -2.33. The third-order valence-electron chi connectivity index (χ3n) is 3.92. The summed E-state index contributed by atoms with van der Waals surface area (Å²) in [6.07, 6.45) is 6.80. The molecule has 0 aliphatic carbocycles. The molecule has 1 aliphatic heterocycles. The fraction of sp³-hybridized carbons (Fsp3) is 1.00. The highest BCUT2D eigenvalue weighted by Gasteiger charge is 2.23. The van der Waals surface area contributed by atoms with Crippen LogP contribution in [0, 0.1) is 11.3 Å². The first kappa shape index (κ1) is 15.0. The highest BCUT2D eigenvalue weighted by Crippen LogP contribution is 2.26. The molecule has 1 heterocycles. The van der Waals surface area contributed by atoms with E-state index in [1.54, 1.807) is 0 Å². The summed E-state index contributed by atoms with van der Waals surface area (Å²) in [5, 5.41) is 0. The van der Waals surface area contributed by atoms with Crippen LogP contribution < -0.4 is 5.73 Å². The first-order chi connectivity index (χ1) is 7.92. The van der Waals surface area contributed by atoms with E-state index in [0.29, 0.717) is 11.3 Å². The van der Waals surface area contributed by atoms with Gasteiger partial charge in [-0.2, -0.15) is 0 Å². The molecule has 1 rings (SSSR count). The lowest BCUT2D eigenvalue weighted by Crippen LogP contribution is -2.39. The van der Waals surface area contributed by atoms with Crippen LogP contribution in [0.1, 0.15) is 59.8 Å². The number of hydrogen-bond donors (Lipinski definition) is 1. The summed E-state index contributed by atoms with van der Waals surface area (Å²) < 4.78 is 0. The van der Waals surface area contributed by atoms with Crippen LogP contribution in [-0.2, 0) is 0 Å². The van der Waals surface area contributed by atoms with Crippen LogP contribution in [0.3, 0.4) is 0 Å². The fourth-order valence-corrected chi connectivity index (χ4v) is 3.03. The van der Waals surface area contributed by atoms with Crippen molar-refractivity contribution in [3.63, 3.8) is 0 Å². The van der Waals surface area contributed by atoms with E-state index in [4.69, 9.17) is 5.73 Å². The van der Waals surface area contributed by atoms with E-state index in [1.165, 1.54) is 45.2 Å². The molecule has 2 heteroatoms. The molecule has 2 atom stereocenters. The van der Waals surface area contributed by atoms with Gasteiger partial charge in [0.25, 0.3) is 0 Å². The van der Waals surface area contributed by atoms with Gasteiger partial charge in [-0.05, 0) is 50.6 Å². The average Bonchev–Trinajstić information content (AvgIpc) is 2.41. The van der Waals surface area contributed by atoms with Crippen LogP contribution in [0.4, 0.5) is 0 Å². The Morgan fingerprint density at radius 3 is 2.53 bits per heavy atom. The fourth-order valence-electron chi connectivity index (χ4n) is 3.03. The van der Waals surface area contributed by atoms with Crippen LogP contribution >= 0.6 is 0 Å². The smallest absolute Gasteiger partial charge is 0.00670 e. The summed E-state index contributed by atoms with van der Waals surface area (Å²) in [5.41, 5.74) is 6.36. The van der Waals surface area contributed by atoms with Crippen molar-refractivity contribution in [3.8, 4) is 0 Å². The first-order valence-electron chi connectivity index (χ1n) is 7.36. The molecule has 0 saturated carbocycles. The predicted octanol–water partition coefficient (Wildman–Crippen LogP) is 3.26. The lowest BCUT2D eigenvalue weighted by atomic mass is 9.84. The summed E-state index contributed by atoms with van der Waals surface area (Å²) in [4.78, 5) is 2.68. The Bertz CT molecular complexity index is 207. The van der Waals surface area contributed by atoms with E-state index in [-0.39, 0.29) is 0 Å². The third kappa shape index (κ3) is 5.87. The number of nitrogens with zero attached hydrogens (tertiary/aromatic N) is 1. The molecule has 0 amide bonds. The quantitative estimate of drug-likeness (QED) is 0.817. The molecule has 0 spiro atoms.